The van der Waals surface area contributed by atoms with Crippen LogP contribution in [0.5, 0.6) is 0 Å². The number of aromatic nitrogens is 3. The molecule has 0 aromatic carbocycles. The number of likely N-dealkylation sites (tertiary alicyclic amines) is 1. The molecule has 144 valence electrons. The van der Waals surface area contributed by atoms with Crippen LogP contribution in [-0.2, 0) is 9.53 Å². The lowest BCUT2D eigenvalue weighted by Crippen LogP contribution is -2.38. The maximum Gasteiger partial charge on any atom is 0.226 e. The van der Waals surface area contributed by atoms with Crippen LogP contribution in [0.25, 0.3) is 11.3 Å². The van der Waals surface area contributed by atoms with Crippen LogP contribution in [0.15, 0.2) is 10.6 Å². The second-order valence-electron chi connectivity index (χ2n) is 7.50. The third-order valence-electron chi connectivity index (χ3n) is 5.60. The molecule has 0 spiro atoms. The van der Waals surface area contributed by atoms with Gasteiger partial charge in [-0.25, -0.2) is 9.97 Å². The van der Waals surface area contributed by atoms with Crippen LogP contribution >= 0.6 is 0 Å². The Balaban J connectivity index is 1.65. The molecule has 4 rings (SSSR count). The normalized spacial score (nSPS) is 21.0. The van der Waals surface area contributed by atoms with Crippen LogP contribution in [0.2, 0.25) is 0 Å². The van der Waals surface area contributed by atoms with E-state index in [1.54, 1.807) is 0 Å². The van der Waals surface area contributed by atoms with Gasteiger partial charge in [0.15, 0.2) is 0 Å². The molecule has 0 bridgehead atoms. The first-order valence-electron chi connectivity index (χ1n) is 9.71. The molecule has 0 radical (unpaired) electrons. The van der Waals surface area contributed by atoms with E-state index in [2.05, 4.69) is 15.1 Å². The van der Waals surface area contributed by atoms with Crippen LogP contribution < -0.4 is 0 Å². The number of rotatable bonds is 3. The van der Waals surface area contributed by atoms with Gasteiger partial charge >= 0.3 is 0 Å². The van der Waals surface area contributed by atoms with Gasteiger partial charge in [0, 0.05) is 25.7 Å². The van der Waals surface area contributed by atoms with Gasteiger partial charge in [0.25, 0.3) is 0 Å². The molecule has 1 amide bonds. The highest BCUT2D eigenvalue weighted by Crippen LogP contribution is 2.35. The molecule has 4 heterocycles. The third-order valence-corrected chi connectivity index (χ3v) is 5.60. The minimum absolute atomic E-state index is 0.0151. The first-order valence-corrected chi connectivity index (χ1v) is 9.71. The summed E-state index contributed by atoms with van der Waals surface area (Å²) in [4.78, 5) is 24.4. The van der Waals surface area contributed by atoms with Crippen LogP contribution in [0, 0.1) is 26.7 Å². The van der Waals surface area contributed by atoms with E-state index in [0.29, 0.717) is 19.0 Å². The van der Waals surface area contributed by atoms with Crippen molar-refractivity contribution < 1.29 is 14.1 Å². The fraction of sp³-hybridized carbons (Fsp3) is 0.600. The standard InChI is InChI=1S/C20H26N4O3/c1-12-19(13(2)27-23-12)17-11-16(21-14(3)22-17)18-5-4-8-24(18)20(25)15-6-9-26-10-7-15/h11,15,18H,4-10H2,1-3H3/t18-/m0/s1. The van der Waals surface area contributed by atoms with E-state index in [1.807, 2.05) is 31.7 Å². The number of amides is 1. The minimum Gasteiger partial charge on any atom is -0.381 e. The van der Waals surface area contributed by atoms with Crippen LogP contribution in [0.1, 0.15) is 54.7 Å². The number of carbonyl (C=O) groups excluding carboxylic acids is 1. The lowest BCUT2D eigenvalue weighted by Gasteiger charge is -2.30. The molecular weight excluding hydrogens is 344 g/mol. The fourth-order valence-corrected chi connectivity index (χ4v) is 4.26. The molecule has 0 aliphatic carbocycles. The van der Waals surface area contributed by atoms with E-state index in [9.17, 15) is 4.79 Å². The monoisotopic (exact) mass is 370 g/mol. The summed E-state index contributed by atoms with van der Waals surface area (Å²) in [5.41, 5.74) is 3.47. The quantitative estimate of drug-likeness (QED) is 0.825. The second-order valence-corrected chi connectivity index (χ2v) is 7.50. The van der Waals surface area contributed by atoms with E-state index in [-0.39, 0.29) is 17.9 Å². The van der Waals surface area contributed by atoms with Crippen molar-refractivity contribution in [3.8, 4) is 11.3 Å². The maximum atomic E-state index is 13.1. The number of hydrogen-bond acceptors (Lipinski definition) is 6. The van der Waals surface area contributed by atoms with Gasteiger partial charge < -0.3 is 14.2 Å². The summed E-state index contributed by atoms with van der Waals surface area (Å²) in [5, 5.41) is 4.04. The smallest absolute Gasteiger partial charge is 0.226 e. The van der Waals surface area contributed by atoms with Crippen LogP contribution in [-0.4, -0.2) is 45.7 Å². The second kappa shape index (κ2) is 7.38. The van der Waals surface area contributed by atoms with E-state index < -0.39 is 0 Å². The minimum atomic E-state index is 0.0151. The van der Waals surface area contributed by atoms with Crippen molar-refractivity contribution in [1.29, 1.82) is 0 Å². The van der Waals surface area contributed by atoms with Gasteiger partial charge in [0.1, 0.15) is 11.6 Å². The molecule has 7 heteroatoms. The highest BCUT2D eigenvalue weighted by molar-refractivity contribution is 5.79. The zero-order valence-corrected chi connectivity index (χ0v) is 16.2. The van der Waals surface area contributed by atoms with E-state index in [0.717, 1.165) is 60.6 Å². The van der Waals surface area contributed by atoms with Gasteiger partial charge in [-0.2, -0.15) is 0 Å². The summed E-state index contributed by atoms with van der Waals surface area (Å²) in [5.74, 6) is 1.77. The molecule has 2 aromatic heterocycles. The molecule has 1 atom stereocenters. The largest absolute Gasteiger partial charge is 0.381 e. The SMILES string of the molecule is Cc1nc(-c2c(C)noc2C)cc([C@@H]2CCCN2C(=O)C2CCOCC2)n1. The van der Waals surface area contributed by atoms with Crippen molar-refractivity contribution in [3.05, 3.63) is 29.0 Å². The topological polar surface area (TPSA) is 81.4 Å². The lowest BCUT2D eigenvalue weighted by molar-refractivity contribution is -0.139. The molecular formula is C20H26N4O3. The van der Waals surface area contributed by atoms with Crippen molar-refractivity contribution >= 4 is 5.91 Å². The summed E-state index contributed by atoms with van der Waals surface area (Å²) >= 11 is 0. The molecule has 0 unspecified atom stereocenters. The molecule has 27 heavy (non-hydrogen) atoms. The number of ether oxygens (including phenoxy) is 1. The Bertz CT molecular complexity index is 822. The Morgan fingerprint density at radius 1 is 1.15 bits per heavy atom. The summed E-state index contributed by atoms with van der Waals surface area (Å²) in [6.45, 7) is 7.85. The van der Waals surface area contributed by atoms with Crippen molar-refractivity contribution in [3.63, 3.8) is 0 Å². The molecule has 0 N–H and O–H groups in total. The maximum absolute atomic E-state index is 13.1. The summed E-state index contributed by atoms with van der Waals surface area (Å²) in [7, 11) is 0. The Kier molecular flexibility index (Phi) is 4.95. The first kappa shape index (κ1) is 18.1. The van der Waals surface area contributed by atoms with Gasteiger partial charge in [-0.1, -0.05) is 5.16 Å². The highest BCUT2D eigenvalue weighted by Gasteiger charge is 2.35. The molecule has 7 nitrogen and oxygen atoms in total. The molecule has 2 saturated heterocycles. The fourth-order valence-electron chi connectivity index (χ4n) is 4.26. The van der Waals surface area contributed by atoms with Crippen molar-refractivity contribution in [1.82, 2.24) is 20.0 Å². The van der Waals surface area contributed by atoms with Crippen molar-refractivity contribution in [2.24, 2.45) is 5.92 Å². The number of hydrogen-bond donors (Lipinski definition) is 0. The lowest BCUT2D eigenvalue weighted by atomic mass is 9.97. The predicted octanol–water partition coefficient (Wildman–Crippen LogP) is 3.15. The van der Waals surface area contributed by atoms with Gasteiger partial charge in [-0.3, -0.25) is 4.79 Å². The van der Waals surface area contributed by atoms with Crippen molar-refractivity contribution in [2.45, 2.75) is 52.5 Å². The van der Waals surface area contributed by atoms with Crippen molar-refractivity contribution in [2.75, 3.05) is 19.8 Å². The predicted molar refractivity (Wildman–Crippen MR) is 99.0 cm³/mol. The summed E-state index contributed by atoms with van der Waals surface area (Å²) in [6, 6.07) is 2.01. The molecule has 2 aliphatic heterocycles. The number of carbonyl (C=O) groups is 1. The van der Waals surface area contributed by atoms with E-state index in [1.165, 1.54) is 0 Å². The highest BCUT2D eigenvalue weighted by atomic mass is 16.5. The summed E-state index contributed by atoms with van der Waals surface area (Å²) < 4.78 is 10.7. The number of aryl methyl sites for hydroxylation is 3. The van der Waals surface area contributed by atoms with Gasteiger partial charge in [0.2, 0.25) is 5.91 Å². The molecule has 2 aliphatic rings. The Hall–Kier alpha value is -2.28. The average Bonchev–Trinajstić information content (AvgIpc) is 3.28. The van der Waals surface area contributed by atoms with Gasteiger partial charge in [-0.15, -0.1) is 0 Å². The molecule has 0 saturated carbocycles. The Labute approximate surface area is 159 Å². The van der Waals surface area contributed by atoms with E-state index >= 15 is 0 Å². The zero-order valence-electron chi connectivity index (χ0n) is 16.2. The van der Waals surface area contributed by atoms with Gasteiger partial charge in [-0.05, 0) is 52.5 Å². The average molecular weight is 370 g/mol. The first-order chi connectivity index (χ1) is 13.0. The third kappa shape index (κ3) is 3.48. The summed E-state index contributed by atoms with van der Waals surface area (Å²) in [6.07, 6.45) is 3.57. The Morgan fingerprint density at radius 2 is 1.93 bits per heavy atom. The number of nitrogens with zero attached hydrogens (tertiary/aromatic N) is 4. The Morgan fingerprint density at radius 3 is 2.63 bits per heavy atom. The molecule has 2 aromatic rings. The molecule has 2 fully saturated rings. The van der Waals surface area contributed by atoms with E-state index in [4.69, 9.17) is 9.26 Å². The van der Waals surface area contributed by atoms with Crippen LogP contribution in [0.4, 0.5) is 0 Å². The van der Waals surface area contributed by atoms with Gasteiger partial charge in [0.05, 0.1) is 28.7 Å². The zero-order chi connectivity index (χ0) is 19.0. The van der Waals surface area contributed by atoms with Crippen LogP contribution in [0.3, 0.4) is 0 Å².